The molecule has 1 aliphatic rings. The number of nitrogens with zero attached hydrogens (tertiary/aromatic N) is 3. The van der Waals surface area contributed by atoms with E-state index in [0.29, 0.717) is 25.6 Å². The lowest BCUT2D eigenvalue weighted by molar-refractivity contribution is -0.112. The number of hydrogen-bond acceptors (Lipinski definition) is 6. The Morgan fingerprint density at radius 1 is 1.00 bits per heavy atom. The zero-order valence-corrected chi connectivity index (χ0v) is 28.3. The molecule has 1 amide bonds. The number of imidazole rings is 1. The van der Waals surface area contributed by atoms with Gasteiger partial charge in [0.15, 0.2) is 5.16 Å². The molecule has 242 valence electrons. The number of amides is 1. The number of aryl methyl sites for hydroxylation is 1. The van der Waals surface area contributed by atoms with Crippen LogP contribution in [0, 0.1) is 5.92 Å². The van der Waals surface area contributed by atoms with E-state index in [1.54, 1.807) is 11.8 Å². The summed E-state index contributed by atoms with van der Waals surface area (Å²) in [5.74, 6) is 2.10. The summed E-state index contributed by atoms with van der Waals surface area (Å²) in [7, 11) is 2.00. The quantitative estimate of drug-likeness (QED) is 0.104. The first-order valence-corrected chi connectivity index (χ1v) is 17.3. The number of carbonyl (C=O) groups excluding carboxylic acids is 1. The van der Waals surface area contributed by atoms with Crippen LogP contribution in [0.25, 0.3) is 17.2 Å². The van der Waals surface area contributed by atoms with Crippen LogP contribution >= 0.6 is 11.8 Å². The molecule has 0 bridgehead atoms. The number of unbranched alkanes of at least 4 members (excludes halogenated alkanes) is 1. The van der Waals surface area contributed by atoms with Gasteiger partial charge in [0.05, 0.1) is 6.61 Å². The lowest BCUT2D eigenvalue weighted by Crippen LogP contribution is -2.29. The average Bonchev–Trinajstić information content (AvgIpc) is 3.38. The van der Waals surface area contributed by atoms with Crippen LogP contribution in [-0.4, -0.2) is 48.4 Å². The van der Waals surface area contributed by atoms with Gasteiger partial charge < -0.3 is 24.3 Å². The minimum atomic E-state index is -0.0574. The van der Waals surface area contributed by atoms with E-state index in [2.05, 4.69) is 84.5 Å². The van der Waals surface area contributed by atoms with Gasteiger partial charge in [-0.3, -0.25) is 4.79 Å². The molecular weight excluding hydrogens is 593 g/mol. The van der Waals surface area contributed by atoms with Crippen LogP contribution in [0.1, 0.15) is 51.2 Å². The molecule has 2 heterocycles. The second kappa shape index (κ2) is 16.5. The number of ether oxygens (including phenoxy) is 2. The fourth-order valence-electron chi connectivity index (χ4n) is 5.43. The van der Waals surface area contributed by atoms with Crippen LogP contribution in [0.2, 0.25) is 0 Å². The Morgan fingerprint density at radius 2 is 1.78 bits per heavy atom. The van der Waals surface area contributed by atoms with E-state index in [-0.39, 0.29) is 5.91 Å². The minimum absolute atomic E-state index is 0.0574. The molecule has 0 saturated heterocycles. The normalized spacial score (nSPS) is 12.9. The highest BCUT2D eigenvalue weighted by atomic mass is 32.2. The third-order valence-corrected chi connectivity index (χ3v) is 9.04. The van der Waals surface area contributed by atoms with Crippen molar-refractivity contribution in [3.05, 3.63) is 95.8 Å². The third-order valence-electron chi connectivity index (χ3n) is 7.91. The van der Waals surface area contributed by atoms with E-state index >= 15 is 0 Å². The van der Waals surface area contributed by atoms with Gasteiger partial charge in [0.2, 0.25) is 0 Å². The fraction of sp³-hybridized carbons (Fsp3) is 0.368. The van der Waals surface area contributed by atoms with Crippen LogP contribution in [0.5, 0.6) is 5.75 Å². The van der Waals surface area contributed by atoms with Gasteiger partial charge in [0, 0.05) is 61.8 Å². The molecule has 7 nitrogen and oxygen atoms in total. The molecule has 3 aromatic carbocycles. The highest BCUT2D eigenvalue weighted by Gasteiger charge is 2.21. The fourth-order valence-corrected chi connectivity index (χ4v) is 6.32. The van der Waals surface area contributed by atoms with Crippen molar-refractivity contribution < 1.29 is 14.3 Å². The molecule has 5 rings (SSSR count). The molecule has 0 radical (unpaired) electrons. The van der Waals surface area contributed by atoms with E-state index in [0.717, 1.165) is 82.8 Å². The van der Waals surface area contributed by atoms with E-state index < -0.39 is 0 Å². The summed E-state index contributed by atoms with van der Waals surface area (Å²) < 4.78 is 13.5. The maximum Gasteiger partial charge on any atom is 0.251 e. The van der Waals surface area contributed by atoms with Crippen LogP contribution in [0.3, 0.4) is 0 Å². The first-order valence-electron chi connectivity index (χ1n) is 16.3. The second-order valence-electron chi connectivity index (χ2n) is 12.1. The molecule has 46 heavy (non-hydrogen) atoms. The second-order valence-corrected chi connectivity index (χ2v) is 13.1. The molecule has 0 fully saturated rings. The standard InChI is InChI=1S/C38H46N4O3S/c1-5-6-21-44-22-23-45-35-14-9-30(10-15-35)31-11-16-36-33(24-31)25-32(17-19-42(36)26-28(2)3)37(43)40-34-12-7-29(8-13-34)27-46-38-39-18-20-41(38)4/h7-16,18,20,24-25,28H,5-6,17,19,21-23,26-27H2,1-4H3,(H,40,43). The molecule has 0 unspecified atom stereocenters. The largest absolute Gasteiger partial charge is 0.491 e. The topological polar surface area (TPSA) is 68.6 Å². The lowest BCUT2D eigenvalue weighted by atomic mass is 10.00. The van der Waals surface area contributed by atoms with Gasteiger partial charge in [0.25, 0.3) is 5.91 Å². The molecular formula is C38H46N4O3S. The zero-order valence-electron chi connectivity index (χ0n) is 27.5. The summed E-state index contributed by atoms with van der Waals surface area (Å²) in [4.78, 5) is 20.4. The van der Waals surface area contributed by atoms with Crippen molar-refractivity contribution >= 4 is 35.1 Å². The van der Waals surface area contributed by atoms with E-state index in [9.17, 15) is 4.79 Å². The van der Waals surface area contributed by atoms with Crippen LogP contribution < -0.4 is 15.0 Å². The van der Waals surface area contributed by atoms with Crippen molar-refractivity contribution in [3.8, 4) is 16.9 Å². The molecule has 0 atom stereocenters. The Kier molecular flexibility index (Phi) is 12.0. The molecule has 8 heteroatoms. The van der Waals surface area contributed by atoms with Gasteiger partial charge in [-0.1, -0.05) is 69.3 Å². The number of fused-ring (bicyclic) bond motifs is 1. The SMILES string of the molecule is CCCCOCCOc1ccc(-c2ccc3c(c2)C=C(C(=O)Nc2ccc(CSc4nccn4C)cc2)CCN3CC(C)C)cc1. The average molecular weight is 639 g/mol. The molecule has 0 spiro atoms. The Labute approximate surface area is 278 Å². The van der Waals surface area contributed by atoms with Crippen molar-refractivity contribution in [1.29, 1.82) is 0 Å². The van der Waals surface area contributed by atoms with Crippen LogP contribution in [-0.2, 0) is 22.3 Å². The maximum absolute atomic E-state index is 13.6. The predicted octanol–water partition coefficient (Wildman–Crippen LogP) is 8.46. The molecule has 0 saturated carbocycles. The molecule has 0 aliphatic carbocycles. The minimum Gasteiger partial charge on any atom is -0.491 e. The van der Waals surface area contributed by atoms with Crippen molar-refractivity contribution in [2.45, 2.75) is 50.9 Å². The Morgan fingerprint density at radius 3 is 2.50 bits per heavy atom. The van der Waals surface area contributed by atoms with Crippen LogP contribution in [0.15, 0.2) is 89.9 Å². The summed E-state index contributed by atoms with van der Waals surface area (Å²) in [5.41, 5.74) is 7.20. The highest BCUT2D eigenvalue weighted by Crippen LogP contribution is 2.34. The van der Waals surface area contributed by atoms with Crippen molar-refractivity contribution in [2.24, 2.45) is 13.0 Å². The van der Waals surface area contributed by atoms with Crippen LogP contribution in [0.4, 0.5) is 11.4 Å². The number of carbonyl (C=O) groups is 1. The van der Waals surface area contributed by atoms with Crippen molar-refractivity contribution in [3.63, 3.8) is 0 Å². The smallest absolute Gasteiger partial charge is 0.251 e. The Bertz CT molecular complexity index is 1600. The molecule has 4 aromatic rings. The van der Waals surface area contributed by atoms with Crippen molar-refractivity contribution in [2.75, 3.05) is 43.1 Å². The summed E-state index contributed by atoms with van der Waals surface area (Å²) in [6, 6.07) is 22.9. The van der Waals surface area contributed by atoms with Gasteiger partial charge in [-0.05, 0) is 83.5 Å². The van der Waals surface area contributed by atoms with Crippen molar-refractivity contribution in [1.82, 2.24) is 9.55 Å². The third kappa shape index (κ3) is 9.27. The van der Waals surface area contributed by atoms with Gasteiger partial charge >= 0.3 is 0 Å². The van der Waals surface area contributed by atoms with Gasteiger partial charge in [0.1, 0.15) is 12.4 Å². The first-order chi connectivity index (χ1) is 22.4. The number of nitrogens with one attached hydrogen (secondary N) is 1. The zero-order chi connectivity index (χ0) is 32.3. The van der Waals surface area contributed by atoms with Gasteiger partial charge in [-0.15, -0.1) is 0 Å². The first kappa shape index (κ1) is 33.4. The number of rotatable bonds is 15. The number of aromatic nitrogens is 2. The number of hydrogen-bond donors (Lipinski definition) is 1. The molecule has 1 N–H and O–H groups in total. The number of anilines is 2. The summed E-state index contributed by atoms with van der Waals surface area (Å²) in [6.07, 6.45) is 8.72. The Hall–Kier alpha value is -4.01. The van der Waals surface area contributed by atoms with E-state index in [1.165, 1.54) is 5.56 Å². The van der Waals surface area contributed by atoms with E-state index in [4.69, 9.17) is 9.47 Å². The Balaban J connectivity index is 1.27. The summed E-state index contributed by atoms with van der Waals surface area (Å²) in [5, 5.41) is 4.13. The number of benzene rings is 3. The monoisotopic (exact) mass is 638 g/mol. The molecule has 1 aliphatic heterocycles. The highest BCUT2D eigenvalue weighted by molar-refractivity contribution is 7.98. The summed E-state index contributed by atoms with van der Waals surface area (Å²) >= 11 is 1.70. The van der Waals surface area contributed by atoms with Gasteiger partial charge in [-0.25, -0.2) is 4.98 Å². The maximum atomic E-state index is 13.6. The summed E-state index contributed by atoms with van der Waals surface area (Å²) in [6.45, 7) is 10.3. The van der Waals surface area contributed by atoms with Gasteiger partial charge in [-0.2, -0.15) is 0 Å². The lowest BCUT2D eigenvalue weighted by Gasteiger charge is -2.27. The van der Waals surface area contributed by atoms with E-state index in [1.807, 2.05) is 48.3 Å². The molecule has 1 aromatic heterocycles. The predicted molar refractivity (Wildman–Crippen MR) is 191 cm³/mol. The number of thioether (sulfide) groups is 1.